The number of piperidine rings is 1. The minimum atomic E-state index is -0.613. The molecule has 5 heteroatoms. The number of benzene rings is 1. The normalized spacial score (nSPS) is 19.0. The van der Waals surface area contributed by atoms with Crippen LogP contribution in [0.2, 0.25) is 0 Å². The standard InChI is InChI=1S/C18H22N2O2.ClH/c1-13-10-11-16(22-13)15-9-5-6-12-20(15)18(21)17(19)14-7-3-2-4-8-14;/h2-4,7-8,10-11,15,17H,5-6,9,12,19H2,1H3;1H. The summed E-state index contributed by atoms with van der Waals surface area (Å²) >= 11 is 0. The van der Waals surface area contributed by atoms with Crippen molar-refractivity contribution in [2.24, 2.45) is 5.73 Å². The summed E-state index contributed by atoms with van der Waals surface area (Å²) in [5.74, 6) is 1.72. The number of nitrogens with two attached hydrogens (primary N) is 1. The minimum Gasteiger partial charge on any atom is -0.464 e. The molecule has 3 rings (SSSR count). The first-order chi connectivity index (χ1) is 10.7. The zero-order valence-corrected chi connectivity index (χ0v) is 14.1. The number of aryl methyl sites for hydroxylation is 1. The van der Waals surface area contributed by atoms with E-state index in [2.05, 4.69) is 0 Å². The number of hydrogen-bond donors (Lipinski definition) is 1. The van der Waals surface area contributed by atoms with E-state index in [9.17, 15) is 4.79 Å². The molecule has 23 heavy (non-hydrogen) atoms. The number of nitrogens with zero attached hydrogens (tertiary/aromatic N) is 1. The summed E-state index contributed by atoms with van der Waals surface area (Å²) < 4.78 is 5.75. The molecule has 1 saturated heterocycles. The van der Waals surface area contributed by atoms with Gasteiger partial charge in [0.15, 0.2) is 0 Å². The van der Waals surface area contributed by atoms with Crippen molar-refractivity contribution in [1.82, 2.24) is 4.90 Å². The smallest absolute Gasteiger partial charge is 0.244 e. The lowest BCUT2D eigenvalue weighted by Crippen LogP contribution is -2.43. The number of hydrogen-bond acceptors (Lipinski definition) is 3. The van der Waals surface area contributed by atoms with E-state index in [1.807, 2.05) is 54.3 Å². The maximum Gasteiger partial charge on any atom is 0.244 e. The minimum absolute atomic E-state index is 0. The van der Waals surface area contributed by atoms with Crippen LogP contribution in [0, 0.1) is 6.92 Å². The maximum absolute atomic E-state index is 12.8. The Balaban J connectivity index is 0.00000192. The molecule has 0 saturated carbocycles. The Morgan fingerprint density at radius 3 is 2.61 bits per heavy atom. The van der Waals surface area contributed by atoms with E-state index in [-0.39, 0.29) is 24.4 Å². The van der Waals surface area contributed by atoms with Gasteiger partial charge in [-0.15, -0.1) is 12.4 Å². The van der Waals surface area contributed by atoms with Gasteiger partial charge in [0, 0.05) is 6.54 Å². The summed E-state index contributed by atoms with van der Waals surface area (Å²) in [6, 6.07) is 12.9. The van der Waals surface area contributed by atoms with Crippen molar-refractivity contribution < 1.29 is 9.21 Å². The highest BCUT2D eigenvalue weighted by molar-refractivity contribution is 5.85. The van der Waals surface area contributed by atoms with E-state index in [1.54, 1.807) is 0 Å². The highest BCUT2D eigenvalue weighted by atomic mass is 35.5. The van der Waals surface area contributed by atoms with E-state index in [0.717, 1.165) is 42.9 Å². The number of carbonyl (C=O) groups is 1. The molecule has 2 heterocycles. The highest BCUT2D eigenvalue weighted by Gasteiger charge is 2.33. The molecule has 2 aromatic rings. The molecule has 0 aliphatic carbocycles. The molecule has 124 valence electrons. The fraction of sp³-hybridized carbons (Fsp3) is 0.389. The van der Waals surface area contributed by atoms with Crippen LogP contribution in [0.4, 0.5) is 0 Å². The van der Waals surface area contributed by atoms with Gasteiger partial charge >= 0.3 is 0 Å². The van der Waals surface area contributed by atoms with Gasteiger partial charge in [-0.1, -0.05) is 30.3 Å². The third-order valence-electron chi connectivity index (χ3n) is 4.30. The highest BCUT2D eigenvalue weighted by Crippen LogP contribution is 2.33. The fourth-order valence-electron chi connectivity index (χ4n) is 3.11. The second-order valence-electron chi connectivity index (χ2n) is 5.88. The van der Waals surface area contributed by atoms with Crippen LogP contribution in [-0.2, 0) is 4.79 Å². The predicted molar refractivity (Wildman–Crippen MR) is 92.4 cm³/mol. The molecule has 1 amide bonds. The Bertz CT molecular complexity index is 641. The number of furan rings is 1. The third-order valence-corrected chi connectivity index (χ3v) is 4.30. The Morgan fingerprint density at radius 1 is 1.22 bits per heavy atom. The van der Waals surface area contributed by atoms with Gasteiger partial charge < -0.3 is 15.1 Å². The van der Waals surface area contributed by atoms with Gasteiger partial charge in [-0.3, -0.25) is 4.79 Å². The molecule has 1 aromatic carbocycles. The van der Waals surface area contributed by atoms with E-state index in [1.165, 1.54) is 0 Å². The first-order valence-corrected chi connectivity index (χ1v) is 7.84. The molecule has 1 fully saturated rings. The van der Waals surface area contributed by atoms with Crippen LogP contribution in [0.3, 0.4) is 0 Å². The Labute approximate surface area is 143 Å². The van der Waals surface area contributed by atoms with Crippen molar-refractivity contribution in [3.63, 3.8) is 0 Å². The van der Waals surface area contributed by atoms with Gasteiger partial charge in [-0.2, -0.15) is 0 Å². The molecule has 0 bridgehead atoms. The van der Waals surface area contributed by atoms with Gasteiger partial charge in [-0.05, 0) is 43.9 Å². The van der Waals surface area contributed by atoms with Crippen molar-refractivity contribution in [1.29, 1.82) is 0 Å². The van der Waals surface area contributed by atoms with Gasteiger partial charge in [0.2, 0.25) is 5.91 Å². The summed E-state index contributed by atoms with van der Waals surface area (Å²) in [7, 11) is 0. The van der Waals surface area contributed by atoms with Crippen LogP contribution < -0.4 is 5.73 Å². The largest absolute Gasteiger partial charge is 0.464 e. The fourth-order valence-corrected chi connectivity index (χ4v) is 3.11. The number of carbonyl (C=O) groups excluding carboxylic acids is 1. The molecule has 4 nitrogen and oxygen atoms in total. The Morgan fingerprint density at radius 2 is 1.96 bits per heavy atom. The summed E-state index contributed by atoms with van der Waals surface area (Å²) in [5.41, 5.74) is 7.05. The van der Waals surface area contributed by atoms with Crippen LogP contribution in [0.25, 0.3) is 0 Å². The lowest BCUT2D eigenvalue weighted by Gasteiger charge is -2.36. The Kier molecular flexibility index (Phi) is 5.85. The van der Waals surface area contributed by atoms with Crippen LogP contribution in [0.15, 0.2) is 46.9 Å². The number of rotatable bonds is 3. The van der Waals surface area contributed by atoms with Crippen molar-refractivity contribution in [2.45, 2.75) is 38.3 Å². The monoisotopic (exact) mass is 334 g/mol. The van der Waals surface area contributed by atoms with Crippen molar-refractivity contribution in [3.05, 3.63) is 59.5 Å². The topological polar surface area (TPSA) is 59.5 Å². The zero-order chi connectivity index (χ0) is 15.5. The summed E-state index contributed by atoms with van der Waals surface area (Å²) in [5, 5.41) is 0. The second-order valence-corrected chi connectivity index (χ2v) is 5.88. The SMILES string of the molecule is Cc1ccc(C2CCCCN2C(=O)C(N)c2ccccc2)o1.Cl. The summed E-state index contributed by atoms with van der Waals surface area (Å²) in [6.45, 7) is 2.66. The molecular weight excluding hydrogens is 312 g/mol. The molecule has 1 aliphatic rings. The molecule has 2 N–H and O–H groups in total. The quantitative estimate of drug-likeness (QED) is 0.929. The number of halogens is 1. The molecule has 2 atom stereocenters. The van der Waals surface area contributed by atoms with Gasteiger partial charge in [0.05, 0.1) is 6.04 Å². The summed E-state index contributed by atoms with van der Waals surface area (Å²) in [6.07, 6.45) is 3.05. The van der Waals surface area contributed by atoms with E-state index >= 15 is 0 Å². The molecule has 0 radical (unpaired) electrons. The first-order valence-electron chi connectivity index (χ1n) is 7.84. The van der Waals surface area contributed by atoms with Crippen molar-refractivity contribution in [2.75, 3.05) is 6.54 Å². The average molecular weight is 335 g/mol. The lowest BCUT2D eigenvalue weighted by molar-refractivity contribution is -0.137. The number of likely N-dealkylation sites (tertiary alicyclic amines) is 1. The molecular formula is C18H23ClN2O2. The predicted octanol–water partition coefficient (Wildman–Crippen LogP) is 3.76. The average Bonchev–Trinajstić information content (AvgIpc) is 3.00. The van der Waals surface area contributed by atoms with Crippen LogP contribution in [-0.4, -0.2) is 17.4 Å². The van der Waals surface area contributed by atoms with Crippen LogP contribution >= 0.6 is 12.4 Å². The molecule has 1 aromatic heterocycles. The van der Waals surface area contributed by atoms with E-state index < -0.39 is 6.04 Å². The first kappa shape index (κ1) is 17.6. The van der Waals surface area contributed by atoms with Gasteiger partial charge in [-0.25, -0.2) is 0 Å². The summed E-state index contributed by atoms with van der Waals surface area (Å²) in [4.78, 5) is 14.7. The van der Waals surface area contributed by atoms with E-state index in [4.69, 9.17) is 10.2 Å². The van der Waals surface area contributed by atoms with Crippen LogP contribution in [0.5, 0.6) is 0 Å². The zero-order valence-electron chi connectivity index (χ0n) is 13.3. The van der Waals surface area contributed by atoms with Gasteiger partial charge in [0.1, 0.15) is 17.6 Å². The lowest BCUT2D eigenvalue weighted by atomic mass is 9.97. The third kappa shape index (κ3) is 3.77. The van der Waals surface area contributed by atoms with Crippen LogP contribution in [0.1, 0.15) is 48.4 Å². The maximum atomic E-state index is 12.8. The number of amides is 1. The van der Waals surface area contributed by atoms with E-state index in [0.29, 0.717) is 0 Å². The van der Waals surface area contributed by atoms with Crippen molar-refractivity contribution >= 4 is 18.3 Å². The van der Waals surface area contributed by atoms with Crippen molar-refractivity contribution in [3.8, 4) is 0 Å². The molecule has 1 aliphatic heterocycles. The van der Waals surface area contributed by atoms with Gasteiger partial charge in [0.25, 0.3) is 0 Å². The molecule has 2 unspecified atom stereocenters. The second kappa shape index (κ2) is 7.66. The Hall–Kier alpha value is -1.78. The molecule has 0 spiro atoms.